The van der Waals surface area contributed by atoms with E-state index in [4.69, 9.17) is 11.6 Å². The number of aromatic hydroxyl groups is 2. The van der Waals surface area contributed by atoms with Gasteiger partial charge in [0.1, 0.15) is 0 Å². The highest BCUT2D eigenvalue weighted by Gasteiger charge is 2.10. The molecule has 0 saturated carbocycles. The van der Waals surface area contributed by atoms with Gasteiger partial charge < -0.3 is 10.2 Å². The van der Waals surface area contributed by atoms with E-state index in [1.165, 1.54) is 0 Å². The second-order valence-corrected chi connectivity index (χ2v) is 4.57. The van der Waals surface area contributed by atoms with Crippen molar-refractivity contribution < 1.29 is 10.2 Å². The first-order chi connectivity index (χ1) is 6.59. The van der Waals surface area contributed by atoms with Crippen molar-refractivity contribution in [2.75, 3.05) is 0 Å². The Hall–Kier alpha value is -0.680. The largest absolute Gasteiger partial charge is 0.504 e. The molecule has 0 fully saturated rings. The van der Waals surface area contributed by atoms with E-state index in [-0.39, 0.29) is 16.5 Å². The lowest BCUT2D eigenvalue weighted by Gasteiger charge is -2.05. The molecular formula is C10H6ClIO2. The summed E-state index contributed by atoms with van der Waals surface area (Å²) in [6, 6.07) is 7.18. The minimum atomic E-state index is -0.263. The Labute approximate surface area is 99.3 Å². The molecule has 0 amide bonds. The Morgan fingerprint density at radius 1 is 1.07 bits per heavy atom. The third-order valence-electron chi connectivity index (χ3n) is 2.00. The molecule has 0 unspecified atom stereocenters. The first-order valence-corrected chi connectivity index (χ1v) is 5.35. The lowest BCUT2D eigenvalue weighted by Crippen LogP contribution is -1.78. The molecule has 4 heteroatoms. The monoisotopic (exact) mass is 320 g/mol. The summed E-state index contributed by atoms with van der Waals surface area (Å²) in [5, 5.41) is 20.6. The number of fused-ring (bicyclic) bond motifs is 1. The highest BCUT2D eigenvalue weighted by molar-refractivity contribution is 14.1. The predicted octanol–water partition coefficient (Wildman–Crippen LogP) is 3.51. The third-order valence-corrected chi connectivity index (χ3v) is 2.96. The van der Waals surface area contributed by atoms with E-state index in [0.717, 1.165) is 8.96 Å². The summed E-state index contributed by atoms with van der Waals surface area (Å²) in [5.74, 6) is -0.424. The molecule has 2 rings (SSSR count). The maximum Gasteiger partial charge on any atom is 0.177 e. The van der Waals surface area contributed by atoms with Crippen molar-refractivity contribution in [1.29, 1.82) is 0 Å². The molecule has 14 heavy (non-hydrogen) atoms. The summed E-state index contributed by atoms with van der Waals surface area (Å²) in [6.07, 6.45) is 0. The molecule has 0 aliphatic rings. The Morgan fingerprint density at radius 3 is 2.50 bits per heavy atom. The minimum Gasteiger partial charge on any atom is -0.504 e. The number of rotatable bonds is 0. The summed E-state index contributed by atoms with van der Waals surface area (Å²) < 4.78 is 0.993. The van der Waals surface area contributed by atoms with E-state index < -0.39 is 0 Å². The average Bonchev–Trinajstić information content (AvgIpc) is 2.16. The van der Waals surface area contributed by atoms with Gasteiger partial charge >= 0.3 is 0 Å². The second-order valence-electron chi connectivity index (χ2n) is 2.92. The van der Waals surface area contributed by atoms with Crippen LogP contribution in [0.3, 0.4) is 0 Å². The van der Waals surface area contributed by atoms with Gasteiger partial charge in [0, 0.05) is 8.96 Å². The lowest BCUT2D eigenvalue weighted by atomic mass is 10.1. The van der Waals surface area contributed by atoms with Crippen LogP contribution in [0.15, 0.2) is 24.3 Å². The summed E-state index contributed by atoms with van der Waals surface area (Å²) >= 11 is 7.86. The third kappa shape index (κ3) is 1.50. The zero-order valence-electron chi connectivity index (χ0n) is 6.96. The van der Waals surface area contributed by atoms with Crippen molar-refractivity contribution in [2.24, 2.45) is 0 Å². The van der Waals surface area contributed by atoms with Crippen LogP contribution in [0.2, 0.25) is 5.02 Å². The van der Waals surface area contributed by atoms with Gasteiger partial charge in [-0.25, -0.2) is 0 Å². The van der Waals surface area contributed by atoms with Crippen molar-refractivity contribution in [3.8, 4) is 11.5 Å². The first-order valence-electron chi connectivity index (χ1n) is 3.89. The van der Waals surface area contributed by atoms with Crippen LogP contribution in [0.25, 0.3) is 10.8 Å². The summed E-state index contributed by atoms with van der Waals surface area (Å²) in [4.78, 5) is 0. The molecule has 2 nitrogen and oxygen atoms in total. The topological polar surface area (TPSA) is 40.5 Å². The van der Waals surface area contributed by atoms with Gasteiger partial charge in [-0.1, -0.05) is 17.7 Å². The number of hydrogen-bond donors (Lipinski definition) is 2. The SMILES string of the molecule is Oc1c(Cl)cc2ccc(I)cc2c1O. The van der Waals surface area contributed by atoms with Crippen LogP contribution < -0.4 is 0 Å². The van der Waals surface area contributed by atoms with E-state index in [1.54, 1.807) is 12.1 Å². The predicted molar refractivity (Wildman–Crippen MR) is 65.0 cm³/mol. The van der Waals surface area contributed by atoms with Gasteiger partial charge in [-0.15, -0.1) is 0 Å². The normalized spacial score (nSPS) is 10.7. The molecule has 0 aliphatic carbocycles. The zero-order chi connectivity index (χ0) is 10.3. The molecule has 0 spiro atoms. The molecule has 2 aromatic carbocycles. The molecule has 72 valence electrons. The van der Waals surface area contributed by atoms with Crippen LogP contribution in [0.4, 0.5) is 0 Å². The van der Waals surface area contributed by atoms with E-state index >= 15 is 0 Å². The van der Waals surface area contributed by atoms with Gasteiger partial charge in [0.2, 0.25) is 0 Å². The quantitative estimate of drug-likeness (QED) is 0.576. The maximum absolute atomic E-state index is 9.63. The van der Waals surface area contributed by atoms with Crippen molar-refractivity contribution in [1.82, 2.24) is 0 Å². The van der Waals surface area contributed by atoms with Crippen LogP contribution in [-0.4, -0.2) is 10.2 Å². The molecule has 0 atom stereocenters. The standard InChI is InChI=1S/C10H6ClIO2/c11-8-3-5-1-2-6(12)4-7(5)9(13)10(8)14/h1-4,13-14H. The van der Waals surface area contributed by atoms with E-state index in [9.17, 15) is 10.2 Å². The number of benzene rings is 2. The van der Waals surface area contributed by atoms with Crippen LogP contribution >= 0.6 is 34.2 Å². The van der Waals surface area contributed by atoms with E-state index in [1.807, 2.05) is 12.1 Å². The fourth-order valence-electron chi connectivity index (χ4n) is 1.30. The highest BCUT2D eigenvalue weighted by atomic mass is 127. The fraction of sp³-hybridized carbons (Fsp3) is 0. The van der Waals surface area contributed by atoms with E-state index in [0.29, 0.717) is 5.39 Å². The van der Waals surface area contributed by atoms with Gasteiger partial charge in [0.05, 0.1) is 5.02 Å². The second kappa shape index (κ2) is 3.47. The number of hydrogen-bond acceptors (Lipinski definition) is 2. The van der Waals surface area contributed by atoms with E-state index in [2.05, 4.69) is 22.6 Å². The lowest BCUT2D eigenvalue weighted by molar-refractivity contribution is 0.408. The molecule has 0 radical (unpaired) electrons. The van der Waals surface area contributed by atoms with Gasteiger partial charge in [-0.2, -0.15) is 0 Å². The van der Waals surface area contributed by atoms with Crippen LogP contribution in [0.5, 0.6) is 11.5 Å². The molecule has 0 heterocycles. The highest BCUT2D eigenvalue weighted by Crippen LogP contribution is 2.40. The van der Waals surface area contributed by atoms with Crippen LogP contribution in [0.1, 0.15) is 0 Å². The van der Waals surface area contributed by atoms with Crippen molar-refractivity contribution in [2.45, 2.75) is 0 Å². The molecule has 0 aliphatic heterocycles. The molecule has 2 aromatic rings. The van der Waals surface area contributed by atoms with Crippen molar-refractivity contribution in [3.05, 3.63) is 32.9 Å². The Balaban J connectivity index is 2.92. The summed E-state index contributed by atoms with van der Waals surface area (Å²) in [5.41, 5.74) is 0. The zero-order valence-corrected chi connectivity index (χ0v) is 9.87. The molecule has 2 N–H and O–H groups in total. The van der Waals surface area contributed by atoms with Crippen molar-refractivity contribution >= 4 is 45.0 Å². The minimum absolute atomic E-state index is 0.161. The van der Waals surface area contributed by atoms with Gasteiger partial charge in [0.25, 0.3) is 0 Å². The summed E-state index contributed by atoms with van der Waals surface area (Å²) in [6.45, 7) is 0. The Kier molecular flexibility index (Phi) is 2.45. The molecular weight excluding hydrogens is 314 g/mol. The maximum atomic E-state index is 9.63. The van der Waals surface area contributed by atoms with Gasteiger partial charge in [-0.3, -0.25) is 0 Å². The molecule has 0 saturated heterocycles. The van der Waals surface area contributed by atoms with Gasteiger partial charge in [0.15, 0.2) is 11.5 Å². The Morgan fingerprint density at radius 2 is 1.79 bits per heavy atom. The molecule has 0 bridgehead atoms. The van der Waals surface area contributed by atoms with Crippen LogP contribution in [-0.2, 0) is 0 Å². The molecule has 0 aromatic heterocycles. The smallest absolute Gasteiger partial charge is 0.177 e. The average molecular weight is 321 g/mol. The first kappa shape index (κ1) is 9.86. The van der Waals surface area contributed by atoms with Crippen LogP contribution in [0, 0.1) is 3.57 Å². The summed E-state index contributed by atoms with van der Waals surface area (Å²) in [7, 11) is 0. The number of phenols is 2. The fourth-order valence-corrected chi connectivity index (χ4v) is 2.00. The number of phenolic OH excluding ortho intramolecular Hbond substituents is 2. The number of halogens is 2. The van der Waals surface area contributed by atoms with Gasteiger partial charge in [-0.05, 0) is 46.2 Å². The van der Waals surface area contributed by atoms with Crippen molar-refractivity contribution in [3.63, 3.8) is 0 Å². The Bertz CT molecular complexity index is 511.